The van der Waals surface area contributed by atoms with Crippen molar-refractivity contribution in [2.45, 2.75) is 0 Å². The summed E-state index contributed by atoms with van der Waals surface area (Å²) in [6, 6.07) is 12.7. The molecule has 1 N–H and O–H groups in total. The lowest BCUT2D eigenvalue weighted by molar-refractivity contribution is -0.116. The van der Waals surface area contributed by atoms with Crippen LogP contribution in [0.4, 0.5) is 21.9 Å². The van der Waals surface area contributed by atoms with E-state index in [0.717, 1.165) is 11.4 Å². The highest BCUT2D eigenvalue weighted by Crippen LogP contribution is 2.36. The number of amides is 3. The molecule has 0 saturated carbocycles. The molecule has 1 fully saturated rings. The van der Waals surface area contributed by atoms with Gasteiger partial charge < -0.3 is 24.6 Å². The lowest BCUT2D eigenvalue weighted by atomic mass is 10.2. The topological polar surface area (TPSA) is 74.4 Å². The predicted octanol–water partition coefficient (Wildman–Crippen LogP) is 2.36. The number of ether oxygens (including phenoxy) is 2. The zero-order chi connectivity index (χ0) is 19.7. The van der Waals surface area contributed by atoms with Gasteiger partial charge in [0.05, 0.1) is 0 Å². The van der Waals surface area contributed by atoms with Gasteiger partial charge in [-0.2, -0.15) is 0 Å². The van der Waals surface area contributed by atoms with Gasteiger partial charge >= 0.3 is 6.03 Å². The van der Waals surface area contributed by atoms with Gasteiger partial charge in [0.25, 0.3) is 0 Å². The number of hydrogen-bond donors (Lipinski definition) is 1. The summed E-state index contributed by atoms with van der Waals surface area (Å²) in [7, 11) is 3.91. The second kappa shape index (κ2) is 7.30. The maximum Gasteiger partial charge on any atom is 0.325 e. The first kappa shape index (κ1) is 18.0. The average molecular weight is 382 g/mol. The van der Waals surface area contributed by atoms with Gasteiger partial charge in [-0.15, -0.1) is 0 Å². The van der Waals surface area contributed by atoms with Gasteiger partial charge in [-0.25, -0.2) is 4.79 Å². The number of hydrogen-bond acceptors (Lipinski definition) is 5. The van der Waals surface area contributed by atoms with Crippen molar-refractivity contribution in [1.82, 2.24) is 4.90 Å². The minimum absolute atomic E-state index is 0.00924. The molecule has 0 atom stereocenters. The Morgan fingerprint density at radius 1 is 1.07 bits per heavy atom. The molecular weight excluding hydrogens is 360 g/mol. The van der Waals surface area contributed by atoms with Crippen LogP contribution in [-0.2, 0) is 4.79 Å². The van der Waals surface area contributed by atoms with Crippen molar-refractivity contribution in [3.63, 3.8) is 0 Å². The van der Waals surface area contributed by atoms with Crippen LogP contribution in [0.5, 0.6) is 11.5 Å². The monoisotopic (exact) mass is 382 g/mol. The highest BCUT2D eigenvalue weighted by Gasteiger charge is 2.31. The lowest BCUT2D eigenvalue weighted by Crippen LogP contribution is -2.37. The number of carbonyl (C=O) groups is 2. The zero-order valence-corrected chi connectivity index (χ0v) is 15.8. The van der Waals surface area contributed by atoms with E-state index in [1.165, 1.54) is 4.90 Å². The summed E-state index contributed by atoms with van der Waals surface area (Å²) in [5.74, 6) is 1.08. The van der Waals surface area contributed by atoms with Crippen molar-refractivity contribution in [2.75, 3.05) is 55.6 Å². The van der Waals surface area contributed by atoms with E-state index in [2.05, 4.69) is 5.32 Å². The molecule has 2 aliphatic rings. The quantitative estimate of drug-likeness (QED) is 0.859. The highest BCUT2D eigenvalue weighted by molar-refractivity contribution is 5.99. The number of rotatable bonds is 5. The van der Waals surface area contributed by atoms with Gasteiger partial charge in [0.15, 0.2) is 11.5 Å². The first-order chi connectivity index (χ1) is 13.5. The molecule has 0 radical (unpaired) electrons. The summed E-state index contributed by atoms with van der Waals surface area (Å²) in [4.78, 5) is 30.2. The van der Waals surface area contributed by atoms with Crippen molar-refractivity contribution in [2.24, 2.45) is 0 Å². The third kappa shape index (κ3) is 3.53. The highest BCUT2D eigenvalue weighted by atomic mass is 16.7. The lowest BCUT2D eigenvalue weighted by Gasteiger charge is -2.19. The van der Waals surface area contributed by atoms with Crippen LogP contribution in [0, 0.1) is 0 Å². The molecule has 0 unspecified atom stereocenters. The Labute approximate surface area is 163 Å². The SMILES string of the molecule is CN(C)c1ccc(NC(=O)CN2CCN(c3ccc4c(c3)OCO4)C2=O)cc1. The van der Waals surface area contributed by atoms with Crippen LogP contribution in [0.25, 0.3) is 0 Å². The van der Waals surface area contributed by atoms with E-state index in [1.54, 1.807) is 17.0 Å². The fourth-order valence-electron chi connectivity index (χ4n) is 3.24. The molecule has 8 nitrogen and oxygen atoms in total. The second-order valence-corrected chi connectivity index (χ2v) is 6.88. The van der Waals surface area contributed by atoms with E-state index < -0.39 is 0 Å². The Kier molecular flexibility index (Phi) is 4.68. The number of anilines is 3. The van der Waals surface area contributed by atoms with Crippen LogP contribution in [0.3, 0.4) is 0 Å². The maximum atomic E-state index is 12.7. The Morgan fingerprint density at radius 2 is 1.82 bits per heavy atom. The van der Waals surface area contributed by atoms with E-state index in [0.29, 0.717) is 30.3 Å². The number of nitrogens with zero attached hydrogens (tertiary/aromatic N) is 3. The van der Waals surface area contributed by atoms with Gasteiger partial charge in [-0.3, -0.25) is 9.69 Å². The number of fused-ring (bicyclic) bond motifs is 1. The van der Waals surface area contributed by atoms with E-state index in [-0.39, 0.29) is 25.3 Å². The van der Waals surface area contributed by atoms with Gasteiger partial charge in [-0.05, 0) is 36.4 Å². The zero-order valence-electron chi connectivity index (χ0n) is 15.8. The largest absolute Gasteiger partial charge is 0.454 e. The first-order valence-corrected chi connectivity index (χ1v) is 9.04. The third-order valence-corrected chi connectivity index (χ3v) is 4.76. The Hall–Kier alpha value is -3.42. The fraction of sp³-hybridized carbons (Fsp3) is 0.300. The maximum absolute atomic E-state index is 12.7. The summed E-state index contributed by atoms with van der Waals surface area (Å²) in [5, 5.41) is 2.84. The molecule has 0 aliphatic carbocycles. The van der Waals surface area contributed by atoms with Gasteiger partial charge in [0.1, 0.15) is 6.54 Å². The summed E-state index contributed by atoms with van der Waals surface area (Å²) in [6.07, 6.45) is 0. The van der Waals surface area contributed by atoms with Crippen LogP contribution in [0.2, 0.25) is 0 Å². The number of carbonyl (C=O) groups excluding carboxylic acids is 2. The van der Waals surface area contributed by atoms with E-state index >= 15 is 0 Å². The molecule has 3 amide bonds. The molecule has 146 valence electrons. The molecule has 2 aromatic rings. The average Bonchev–Trinajstić information content (AvgIpc) is 3.28. The molecule has 2 heterocycles. The number of nitrogens with one attached hydrogen (secondary N) is 1. The summed E-state index contributed by atoms with van der Waals surface area (Å²) >= 11 is 0. The summed E-state index contributed by atoms with van der Waals surface area (Å²) < 4.78 is 10.7. The molecule has 0 spiro atoms. The molecule has 4 rings (SSSR count). The molecule has 0 aromatic heterocycles. The standard InChI is InChI=1S/C20H22N4O4/c1-22(2)15-5-3-14(4-6-15)21-19(25)12-23-9-10-24(20(23)26)16-7-8-17-18(11-16)28-13-27-17/h3-8,11H,9-10,12-13H2,1-2H3,(H,21,25). The molecule has 0 bridgehead atoms. The molecule has 8 heteroatoms. The van der Waals surface area contributed by atoms with Gasteiger partial charge in [0, 0.05) is 50.3 Å². The molecule has 28 heavy (non-hydrogen) atoms. The van der Waals surface area contributed by atoms with Crippen molar-refractivity contribution >= 4 is 29.0 Å². The predicted molar refractivity (Wildman–Crippen MR) is 106 cm³/mol. The Bertz CT molecular complexity index is 898. The third-order valence-electron chi connectivity index (χ3n) is 4.76. The minimum atomic E-state index is -0.224. The van der Waals surface area contributed by atoms with Crippen molar-refractivity contribution in [1.29, 1.82) is 0 Å². The van der Waals surface area contributed by atoms with Crippen LogP contribution in [0.15, 0.2) is 42.5 Å². The molecular formula is C20H22N4O4. The number of benzene rings is 2. The van der Waals surface area contributed by atoms with Gasteiger partial charge in [-0.1, -0.05) is 0 Å². The molecule has 1 saturated heterocycles. The van der Waals surface area contributed by atoms with Crippen LogP contribution >= 0.6 is 0 Å². The summed E-state index contributed by atoms with van der Waals surface area (Å²) in [6.45, 7) is 1.20. The second-order valence-electron chi connectivity index (χ2n) is 6.88. The van der Waals surface area contributed by atoms with Crippen molar-refractivity contribution in [3.8, 4) is 11.5 Å². The van der Waals surface area contributed by atoms with Crippen LogP contribution in [-0.4, -0.2) is 57.4 Å². The number of urea groups is 1. The Balaban J connectivity index is 1.36. The fourth-order valence-corrected chi connectivity index (χ4v) is 3.24. The van der Waals surface area contributed by atoms with Crippen LogP contribution in [0.1, 0.15) is 0 Å². The minimum Gasteiger partial charge on any atom is -0.454 e. The van der Waals surface area contributed by atoms with E-state index in [9.17, 15) is 9.59 Å². The summed E-state index contributed by atoms with van der Waals surface area (Å²) in [5.41, 5.74) is 2.48. The smallest absolute Gasteiger partial charge is 0.325 e. The molecule has 2 aliphatic heterocycles. The van der Waals surface area contributed by atoms with Crippen molar-refractivity contribution in [3.05, 3.63) is 42.5 Å². The van der Waals surface area contributed by atoms with E-state index in [1.807, 2.05) is 49.3 Å². The van der Waals surface area contributed by atoms with Gasteiger partial charge in [0.2, 0.25) is 12.7 Å². The first-order valence-electron chi connectivity index (χ1n) is 9.04. The normalized spacial score (nSPS) is 15.1. The Morgan fingerprint density at radius 3 is 2.57 bits per heavy atom. The molecule has 2 aromatic carbocycles. The van der Waals surface area contributed by atoms with E-state index in [4.69, 9.17) is 9.47 Å². The van der Waals surface area contributed by atoms with Crippen molar-refractivity contribution < 1.29 is 19.1 Å². The van der Waals surface area contributed by atoms with Crippen LogP contribution < -0.4 is 24.6 Å².